The number of aromatic nitrogens is 1. The number of ether oxygens (including phenoxy) is 1. The summed E-state index contributed by atoms with van der Waals surface area (Å²) in [6, 6.07) is 7.93. The van der Waals surface area contributed by atoms with Gasteiger partial charge in [-0.05, 0) is 56.2 Å². The molecule has 2 nitrogen and oxygen atoms in total. The first-order chi connectivity index (χ1) is 8.58. The first-order valence-electron chi connectivity index (χ1n) is 6.09. The second-order valence-corrected chi connectivity index (χ2v) is 5.43. The van der Waals surface area contributed by atoms with E-state index in [0.717, 1.165) is 16.8 Å². The fourth-order valence-electron chi connectivity index (χ4n) is 1.95. The molecule has 0 saturated heterocycles. The Morgan fingerprint density at radius 3 is 2.33 bits per heavy atom. The normalized spacial score (nSPS) is 10.7. The molecule has 0 atom stereocenters. The summed E-state index contributed by atoms with van der Waals surface area (Å²) in [6.45, 7) is 8.04. The molecule has 2 rings (SSSR count). The van der Waals surface area contributed by atoms with Crippen molar-refractivity contribution in [3.8, 4) is 5.75 Å². The lowest BCUT2D eigenvalue weighted by molar-refractivity contribution is 0.297. The molecular formula is C15H18BrNO. The number of hydrogen-bond donors (Lipinski definition) is 0. The van der Waals surface area contributed by atoms with Crippen LogP contribution in [0.4, 0.5) is 0 Å². The third-order valence-electron chi connectivity index (χ3n) is 3.33. The van der Waals surface area contributed by atoms with Gasteiger partial charge >= 0.3 is 0 Å². The van der Waals surface area contributed by atoms with Gasteiger partial charge in [0.2, 0.25) is 0 Å². The second-order valence-electron chi connectivity index (χ2n) is 4.52. The average Bonchev–Trinajstić information content (AvgIpc) is 2.60. The molecule has 96 valence electrons. The lowest BCUT2D eigenvalue weighted by Gasteiger charge is -2.09. The van der Waals surface area contributed by atoms with Crippen LogP contribution in [0.15, 0.2) is 34.9 Å². The largest absolute Gasteiger partial charge is 0.492 e. The lowest BCUT2D eigenvalue weighted by Crippen LogP contribution is -2.08. The van der Waals surface area contributed by atoms with Gasteiger partial charge in [-0.3, -0.25) is 0 Å². The van der Waals surface area contributed by atoms with Gasteiger partial charge < -0.3 is 9.30 Å². The lowest BCUT2D eigenvalue weighted by atomic mass is 10.2. The molecular weight excluding hydrogens is 290 g/mol. The Bertz CT molecular complexity index is 528. The van der Waals surface area contributed by atoms with Crippen molar-refractivity contribution in [1.29, 1.82) is 0 Å². The van der Waals surface area contributed by atoms with E-state index < -0.39 is 0 Å². The van der Waals surface area contributed by atoms with Gasteiger partial charge in [-0.2, -0.15) is 0 Å². The number of benzene rings is 1. The average molecular weight is 308 g/mol. The Labute approximate surface area is 117 Å². The van der Waals surface area contributed by atoms with Crippen molar-refractivity contribution in [3.63, 3.8) is 0 Å². The highest BCUT2D eigenvalue weighted by Crippen LogP contribution is 2.17. The van der Waals surface area contributed by atoms with Crippen molar-refractivity contribution in [2.24, 2.45) is 0 Å². The molecule has 0 saturated carbocycles. The molecule has 0 radical (unpaired) electrons. The van der Waals surface area contributed by atoms with Crippen molar-refractivity contribution in [1.82, 2.24) is 4.57 Å². The zero-order valence-electron chi connectivity index (χ0n) is 11.0. The number of halogens is 1. The molecule has 0 aliphatic heterocycles. The molecule has 0 spiro atoms. The summed E-state index contributed by atoms with van der Waals surface area (Å²) in [4.78, 5) is 0. The molecule has 0 N–H and O–H groups in total. The SMILES string of the molecule is Cc1cn(CCOc2ccc(Br)cc2)c(C)c1C. The monoisotopic (exact) mass is 307 g/mol. The number of rotatable bonds is 4. The molecule has 1 heterocycles. The standard InChI is InChI=1S/C15H18BrNO/c1-11-10-17(13(3)12(11)2)8-9-18-15-6-4-14(16)5-7-15/h4-7,10H,8-9H2,1-3H3. The van der Waals surface area contributed by atoms with Gasteiger partial charge in [0.05, 0.1) is 6.54 Å². The van der Waals surface area contributed by atoms with Crippen LogP contribution >= 0.6 is 15.9 Å². The van der Waals surface area contributed by atoms with E-state index in [2.05, 4.69) is 47.5 Å². The Morgan fingerprint density at radius 1 is 1.11 bits per heavy atom. The molecule has 1 aromatic heterocycles. The van der Waals surface area contributed by atoms with E-state index in [-0.39, 0.29) is 0 Å². The maximum atomic E-state index is 5.73. The van der Waals surface area contributed by atoms with Crippen molar-refractivity contribution in [3.05, 3.63) is 51.8 Å². The number of hydrogen-bond acceptors (Lipinski definition) is 1. The van der Waals surface area contributed by atoms with Crippen molar-refractivity contribution in [2.45, 2.75) is 27.3 Å². The van der Waals surface area contributed by atoms with Gasteiger partial charge in [-0.1, -0.05) is 15.9 Å². The second kappa shape index (κ2) is 5.61. The fourth-order valence-corrected chi connectivity index (χ4v) is 2.22. The molecule has 2 aromatic rings. The zero-order chi connectivity index (χ0) is 13.1. The fraction of sp³-hybridized carbons (Fsp3) is 0.333. The predicted molar refractivity (Wildman–Crippen MR) is 78.3 cm³/mol. The highest BCUT2D eigenvalue weighted by Gasteiger charge is 2.04. The van der Waals surface area contributed by atoms with E-state index in [1.807, 2.05) is 24.3 Å². The summed E-state index contributed by atoms with van der Waals surface area (Å²) in [5.74, 6) is 0.913. The Balaban J connectivity index is 1.92. The minimum absolute atomic E-state index is 0.691. The van der Waals surface area contributed by atoms with Gasteiger partial charge in [0.1, 0.15) is 12.4 Å². The van der Waals surface area contributed by atoms with E-state index in [1.165, 1.54) is 16.8 Å². The van der Waals surface area contributed by atoms with Crippen LogP contribution in [-0.2, 0) is 6.54 Å². The minimum Gasteiger partial charge on any atom is -0.492 e. The Hall–Kier alpha value is -1.22. The van der Waals surface area contributed by atoms with Gasteiger partial charge in [-0.15, -0.1) is 0 Å². The Kier molecular flexibility index (Phi) is 4.12. The van der Waals surface area contributed by atoms with Crippen LogP contribution in [0.1, 0.15) is 16.8 Å². The van der Waals surface area contributed by atoms with Crippen LogP contribution < -0.4 is 4.74 Å². The minimum atomic E-state index is 0.691. The van der Waals surface area contributed by atoms with Crippen LogP contribution in [0.25, 0.3) is 0 Å². The first kappa shape index (κ1) is 13.2. The third kappa shape index (κ3) is 2.96. The van der Waals surface area contributed by atoms with E-state index in [4.69, 9.17) is 4.74 Å². The highest BCUT2D eigenvalue weighted by molar-refractivity contribution is 9.10. The van der Waals surface area contributed by atoms with E-state index in [0.29, 0.717) is 6.61 Å². The van der Waals surface area contributed by atoms with E-state index in [9.17, 15) is 0 Å². The van der Waals surface area contributed by atoms with Crippen molar-refractivity contribution in [2.75, 3.05) is 6.61 Å². The van der Waals surface area contributed by atoms with Crippen LogP contribution in [0.3, 0.4) is 0 Å². The molecule has 1 aromatic carbocycles. The third-order valence-corrected chi connectivity index (χ3v) is 3.86. The van der Waals surface area contributed by atoms with Crippen molar-refractivity contribution >= 4 is 15.9 Å². The van der Waals surface area contributed by atoms with Crippen LogP contribution in [-0.4, -0.2) is 11.2 Å². The predicted octanol–water partition coefficient (Wildman–Crippen LogP) is 4.25. The molecule has 0 unspecified atom stereocenters. The van der Waals surface area contributed by atoms with Crippen LogP contribution in [0, 0.1) is 20.8 Å². The molecule has 0 fully saturated rings. The molecule has 18 heavy (non-hydrogen) atoms. The van der Waals surface area contributed by atoms with E-state index >= 15 is 0 Å². The summed E-state index contributed by atoms with van der Waals surface area (Å²) < 4.78 is 9.05. The van der Waals surface area contributed by atoms with Crippen molar-refractivity contribution < 1.29 is 4.74 Å². The maximum Gasteiger partial charge on any atom is 0.119 e. The smallest absolute Gasteiger partial charge is 0.119 e. The summed E-state index contributed by atoms with van der Waals surface area (Å²) in [6.07, 6.45) is 2.19. The summed E-state index contributed by atoms with van der Waals surface area (Å²) in [5, 5.41) is 0. The summed E-state index contributed by atoms with van der Waals surface area (Å²) in [5.41, 5.74) is 4.04. The number of nitrogens with zero attached hydrogens (tertiary/aromatic N) is 1. The Morgan fingerprint density at radius 2 is 1.78 bits per heavy atom. The molecule has 0 bridgehead atoms. The summed E-state index contributed by atoms with van der Waals surface area (Å²) >= 11 is 3.41. The molecule has 0 aliphatic carbocycles. The zero-order valence-corrected chi connectivity index (χ0v) is 12.6. The topological polar surface area (TPSA) is 14.2 Å². The van der Waals surface area contributed by atoms with Crippen LogP contribution in [0.5, 0.6) is 5.75 Å². The van der Waals surface area contributed by atoms with Gasteiger partial charge in [0.15, 0.2) is 0 Å². The van der Waals surface area contributed by atoms with E-state index in [1.54, 1.807) is 0 Å². The molecule has 0 amide bonds. The summed E-state index contributed by atoms with van der Waals surface area (Å²) in [7, 11) is 0. The molecule has 0 aliphatic rings. The van der Waals surface area contributed by atoms with Crippen LogP contribution in [0.2, 0.25) is 0 Å². The van der Waals surface area contributed by atoms with Gasteiger partial charge in [-0.25, -0.2) is 0 Å². The number of aryl methyl sites for hydroxylation is 1. The van der Waals surface area contributed by atoms with Gasteiger partial charge in [0.25, 0.3) is 0 Å². The maximum absolute atomic E-state index is 5.73. The van der Waals surface area contributed by atoms with Gasteiger partial charge in [0, 0.05) is 16.4 Å². The molecule has 3 heteroatoms. The highest BCUT2D eigenvalue weighted by atomic mass is 79.9. The first-order valence-corrected chi connectivity index (χ1v) is 6.88. The quantitative estimate of drug-likeness (QED) is 0.823.